The molecule has 12 heteroatoms. The minimum absolute atomic E-state index is 0.125. The number of hydrogen-bond acceptors (Lipinski definition) is 9. The Labute approximate surface area is 265 Å². The number of carbonyl (C=O) groups is 1. The van der Waals surface area contributed by atoms with E-state index >= 15 is 0 Å². The van der Waals surface area contributed by atoms with Crippen LogP contribution in [-0.4, -0.2) is 74.0 Å². The first kappa shape index (κ1) is 33.4. The van der Waals surface area contributed by atoms with Gasteiger partial charge < -0.3 is 20.6 Å². The second-order valence-corrected chi connectivity index (χ2v) is 14.9. The van der Waals surface area contributed by atoms with Gasteiger partial charge in [-0.25, -0.2) is 18.4 Å². The number of aromatic nitrogens is 2. The van der Waals surface area contributed by atoms with Crippen LogP contribution in [0.3, 0.4) is 0 Å². The minimum atomic E-state index is -3.71. The van der Waals surface area contributed by atoms with Crippen molar-refractivity contribution >= 4 is 38.9 Å². The summed E-state index contributed by atoms with van der Waals surface area (Å²) in [5.74, 6) is 6.89. The number of amides is 1. The number of pyridine rings is 1. The molecule has 3 N–H and O–H groups in total. The van der Waals surface area contributed by atoms with Crippen LogP contribution in [0.25, 0.3) is 0 Å². The average Bonchev–Trinajstić information content (AvgIpc) is 3.74. The molecule has 1 aliphatic carbocycles. The molecule has 0 bridgehead atoms. The van der Waals surface area contributed by atoms with E-state index in [2.05, 4.69) is 32.4 Å². The van der Waals surface area contributed by atoms with Gasteiger partial charge in [-0.2, -0.15) is 0 Å². The maximum absolute atomic E-state index is 13.8. The number of rotatable bonds is 14. The molecule has 10 nitrogen and oxygen atoms in total. The summed E-state index contributed by atoms with van der Waals surface area (Å²) in [5, 5.41) is 19.5. The Kier molecular flexibility index (Phi) is 11.4. The number of thiazole rings is 1. The third-order valence-electron chi connectivity index (χ3n) is 7.32. The Balaban J connectivity index is 1.60. The Morgan fingerprint density at radius 2 is 1.84 bits per heavy atom. The fourth-order valence-corrected chi connectivity index (χ4v) is 6.26. The Bertz CT molecular complexity index is 1580. The zero-order chi connectivity index (χ0) is 31.9. The summed E-state index contributed by atoms with van der Waals surface area (Å²) in [6.45, 7) is 6.25. The maximum Gasteiger partial charge on any atom is 0.251 e. The minimum Gasteiger partial charge on any atom is -0.390 e. The summed E-state index contributed by atoms with van der Waals surface area (Å²) in [7, 11) is -0.455. The first-order chi connectivity index (χ1) is 20.9. The number of aryl methyl sites for hydroxylation is 1. The van der Waals surface area contributed by atoms with E-state index in [9.17, 15) is 18.3 Å². The number of carbonyl (C=O) groups excluding carboxylic acids is 1. The molecule has 0 aliphatic heterocycles. The molecule has 0 saturated heterocycles. The van der Waals surface area contributed by atoms with Crippen LogP contribution in [-0.2, 0) is 23.0 Å². The fourth-order valence-electron chi connectivity index (χ4n) is 4.45. The summed E-state index contributed by atoms with van der Waals surface area (Å²) < 4.78 is 27.2. The van der Waals surface area contributed by atoms with Gasteiger partial charge in [-0.05, 0) is 57.7 Å². The highest BCUT2D eigenvalue weighted by Crippen LogP contribution is 2.27. The van der Waals surface area contributed by atoms with Crippen LogP contribution in [0.4, 0.5) is 11.6 Å². The first-order valence-electron chi connectivity index (χ1n) is 14.8. The van der Waals surface area contributed by atoms with E-state index in [0.29, 0.717) is 31.2 Å². The standard InChI is InChI=1S/C32H42N6O4S2/c1-22(2)44(41,42)38(5)30-18-26(17-29(36-30)37(4)20-31-34-23(3)21-43-31)32(40)35-27(16-25-10-7-6-8-11-25)28(39)19-33-15-9-12-24-13-14-24/h6-8,10-11,17-18,21-22,24,27-28,33,39H,13-16,19-20H2,1-5H3,(H,35,40)/t27-,28+/m0/s1. The number of aliphatic hydroxyl groups excluding tert-OH is 1. The van der Waals surface area contributed by atoms with Crippen molar-refractivity contribution in [2.45, 2.75) is 64.0 Å². The van der Waals surface area contributed by atoms with E-state index in [1.54, 1.807) is 19.9 Å². The van der Waals surface area contributed by atoms with Crippen molar-refractivity contribution in [1.29, 1.82) is 0 Å². The third kappa shape index (κ3) is 9.25. The number of hydrogen-bond donors (Lipinski definition) is 3. The van der Waals surface area contributed by atoms with Crippen molar-refractivity contribution in [2.24, 2.45) is 5.92 Å². The van der Waals surface area contributed by atoms with Crippen molar-refractivity contribution in [2.75, 3.05) is 36.4 Å². The Hall–Kier alpha value is -3.50. The lowest BCUT2D eigenvalue weighted by atomic mass is 10.0. The average molecular weight is 639 g/mol. The summed E-state index contributed by atoms with van der Waals surface area (Å²) in [4.78, 5) is 24.8. The lowest BCUT2D eigenvalue weighted by Gasteiger charge is -2.26. The van der Waals surface area contributed by atoms with E-state index in [1.165, 1.54) is 24.5 Å². The van der Waals surface area contributed by atoms with Crippen LogP contribution in [0.5, 0.6) is 0 Å². The van der Waals surface area contributed by atoms with E-state index in [-0.39, 0.29) is 17.9 Å². The van der Waals surface area contributed by atoms with Crippen molar-refractivity contribution in [3.8, 4) is 11.8 Å². The van der Waals surface area contributed by atoms with Gasteiger partial charge >= 0.3 is 0 Å². The Morgan fingerprint density at radius 1 is 1.14 bits per heavy atom. The van der Waals surface area contributed by atoms with Gasteiger partial charge in [-0.1, -0.05) is 42.2 Å². The Morgan fingerprint density at radius 3 is 2.48 bits per heavy atom. The normalized spacial score (nSPS) is 14.4. The van der Waals surface area contributed by atoms with Crippen LogP contribution in [0.2, 0.25) is 0 Å². The molecule has 0 spiro atoms. The highest BCUT2D eigenvalue weighted by Gasteiger charge is 2.27. The second kappa shape index (κ2) is 15.0. The number of aliphatic hydroxyl groups is 1. The van der Waals surface area contributed by atoms with Crippen LogP contribution in [0, 0.1) is 24.7 Å². The zero-order valence-electron chi connectivity index (χ0n) is 25.9. The monoisotopic (exact) mass is 638 g/mol. The fraction of sp³-hybridized carbons (Fsp3) is 0.469. The number of nitrogens with zero attached hydrogens (tertiary/aromatic N) is 4. The molecule has 3 aromatic rings. The molecule has 2 atom stereocenters. The topological polar surface area (TPSA) is 128 Å². The molecule has 1 amide bonds. The lowest BCUT2D eigenvalue weighted by molar-refractivity contribution is 0.0832. The number of nitrogens with one attached hydrogen (secondary N) is 2. The maximum atomic E-state index is 13.8. The molecule has 236 valence electrons. The molecule has 0 radical (unpaired) electrons. The molecule has 2 aromatic heterocycles. The number of sulfonamides is 1. The summed E-state index contributed by atoms with van der Waals surface area (Å²) >= 11 is 1.52. The predicted molar refractivity (Wildman–Crippen MR) is 176 cm³/mol. The van der Waals surface area contributed by atoms with Gasteiger partial charge in [0.1, 0.15) is 16.6 Å². The molecular formula is C32H42N6O4S2. The largest absolute Gasteiger partial charge is 0.390 e. The SMILES string of the molecule is Cc1csc(CN(C)c2cc(C(=O)N[C@@H](Cc3ccccc3)[C@H](O)CNCC#CC3CC3)cc(N(C)S(=O)(=O)C(C)C)n2)n1. The van der Waals surface area contributed by atoms with Crippen LogP contribution < -0.4 is 19.8 Å². The quantitative estimate of drug-likeness (QED) is 0.181. The highest BCUT2D eigenvalue weighted by molar-refractivity contribution is 7.93. The van der Waals surface area contributed by atoms with Crippen LogP contribution >= 0.6 is 11.3 Å². The van der Waals surface area contributed by atoms with E-state index in [0.717, 1.165) is 33.4 Å². The van der Waals surface area contributed by atoms with E-state index < -0.39 is 33.3 Å². The molecule has 0 unspecified atom stereocenters. The van der Waals surface area contributed by atoms with E-state index in [4.69, 9.17) is 0 Å². The molecule has 4 rings (SSSR count). The van der Waals surface area contributed by atoms with Gasteiger partial charge in [-0.15, -0.1) is 11.3 Å². The van der Waals surface area contributed by atoms with Crippen molar-refractivity contribution in [3.63, 3.8) is 0 Å². The number of anilines is 2. The van der Waals surface area contributed by atoms with Crippen molar-refractivity contribution in [3.05, 3.63) is 69.7 Å². The summed E-state index contributed by atoms with van der Waals surface area (Å²) in [6, 6.07) is 12.1. The van der Waals surface area contributed by atoms with Gasteiger partial charge in [-0.3, -0.25) is 9.10 Å². The first-order valence-corrected chi connectivity index (χ1v) is 17.2. The second-order valence-electron chi connectivity index (χ2n) is 11.4. The third-order valence-corrected chi connectivity index (χ3v) is 10.4. The zero-order valence-corrected chi connectivity index (χ0v) is 27.6. The smallest absolute Gasteiger partial charge is 0.251 e. The van der Waals surface area contributed by atoms with Crippen molar-refractivity contribution in [1.82, 2.24) is 20.6 Å². The highest BCUT2D eigenvalue weighted by atomic mass is 32.2. The molecule has 1 fully saturated rings. The summed E-state index contributed by atoms with van der Waals surface area (Å²) in [5.41, 5.74) is 2.10. The summed E-state index contributed by atoms with van der Waals surface area (Å²) in [6.07, 6.45) is 1.80. The molecular weight excluding hydrogens is 597 g/mol. The predicted octanol–water partition coefficient (Wildman–Crippen LogP) is 3.36. The molecule has 1 aromatic carbocycles. The van der Waals surface area contributed by atoms with Gasteiger partial charge in [0.05, 0.1) is 30.5 Å². The van der Waals surface area contributed by atoms with E-state index in [1.807, 2.05) is 54.6 Å². The molecule has 2 heterocycles. The van der Waals surface area contributed by atoms with Gasteiger partial charge in [0.2, 0.25) is 10.0 Å². The molecule has 1 saturated carbocycles. The van der Waals surface area contributed by atoms with Gasteiger partial charge in [0.15, 0.2) is 0 Å². The number of benzene rings is 1. The van der Waals surface area contributed by atoms with Gasteiger partial charge in [0, 0.05) is 43.2 Å². The van der Waals surface area contributed by atoms with Crippen LogP contribution in [0.15, 0.2) is 47.8 Å². The lowest BCUT2D eigenvalue weighted by Crippen LogP contribution is -2.48. The van der Waals surface area contributed by atoms with Crippen LogP contribution in [0.1, 0.15) is 53.3 Å². The van der Waals surface area contributed by atoms with Gasteiger partial charge in [0.25, 0.3) is 5.91 Å². The molecule has 44 heavy (non-hydrogen) atoms. The molecule has 1 aliphatic rings. The van der Waals surface area contributed by atoms with Crippen molar-refractivity contribution < 1.29 is 18.3 Å².